The van der Waals surface area contributed by atoms with Crippen LogP contribution in [-0.2, 0) is 24.3 Å². The van der Waals surface area contributed by atoms with Gasteiger partial charge in [0.25, 0.3) is 11.8 Å². The summed E-state index contributed by atoms with van der Waals surface area (Å²) in [5, 5.41) is 8.07. The fourth-order valence-corrected chi connectivity index (χ4v) is 6.63. The molecule has 4 N–H and O–H groups in total. The van der Waals surface area contributed by atoms with Crippen molar-refractivity contribution in [1.29, 1.82) is 0 Å². The lowest BCUT2D eigenvalue weighted by Crippen LogP contribution is -2.55. The highest BCUT2D eigenvalue weighted by atomic mass is 32.2. The molecule has 2 atom stereocenters. The van der Waals surface area contributed by atoms with Gasteiger partial charge in [0.05, 0.1) is 29.3 Å². The number of benzene rings is 3. The van der Waals surface area contributed by atoms with Gasteiger partial charge >= 0.3 is 6.09 Å². The maximum atomic E-state index is 14.2. The third-order valence-electron chi connectivity index (χ3n) is 8.43. The smallest absolute Gasteiger partial charge is 0.407 e. The summed E-state index contributed by atoms with van der Waals surface area (Å²) in [6, 6.07) is 20.7. The molecule has 15 heteroatoms. The Balaban J connectivity index is 1.50. The summed E-state index contributed by atoms with van der Waals surface area (Å²) >= 11 is 0. The first-order chi connectivity index (χ1) is 26.7. The maximum absolute atomic E-state index is 14.2. The second kappa shape index (κ2) is 18.3. The van der Waals surface area contributed by atoms with E-state index in [0.29, 0.717) is 35.7 Å². The summed E-state index contributed by atoms with van der Waals surface area (Å²) in [4.78, 5) is 63.5. The molecule has 4 bridgehead atoms. The molecule has 292 valence electrons. The van der Waals surface area contributed by atoms with E-state index in [9.17, 15) is 27.6 Å². The first kappa shape index (κ1) is 40.8. The normalized spacial score (nSPS) is 17.0. The number of fused-ring (bicyclic) bond motifs is 11. The van der Waals surface area contributed by atoms with Crippen molar-refractivity contribution < 1.29 is 37.1 Å². The number of aromatic nitrogens is 2. The Kier molecular flexibility index (Phi) is 13.4. The number of nitrogens with zero attached hydrogens (tertiary/aromatic N) is 2. The minimum atomic E-state index is -3.99. The monoisotopic (exact) mass is 780 g/mol. The topological polar surface area (TPSA) is 195 Å². The summed E-state index contributed by atoms with van der Waals surface area (Å²) in [6.07, 6.45) is 5.35. The third kappa shape index (κ3) is 11.3. The number of alkyl carbamates (subject to hydrolysis) is 1. The van der Waals surface area contributed by atoms with Gasteiger partial charge in [-0.05, 0) is 60.6 Å². The average molecular weight is 781 g/mol. The number of allylic oxidation sites excluding steroid dienone is 1. The number of rotatable bonds is 9. The van der Waals surface area contributed by atoms with Crippen LogP contribution in [0.25, 0.3) is 17.5 Å². The van der Waals surface area contributed by atoms with Gasteiger partial charge in [-0.2, -0.15) is 4.98 Å². The molecule has 3 aromatic carbocycles. The van der Waals surface area contributed by atoms with Crippen LogP contribution >= 0.6 is 0 Å². The van der Waals surface area contributed by atoms with Gasteiger partial charge in [-0.25, -0.2) is 22.9 Å². The molecule has 0 spiro atoms. The minimum Gasteiger partial charge on any atom is -0.449 e. The lowest BCUT2D eigenvalue weighted by atomic mass is 9.86. The summed E-state index contributed by atoms with van der Waals surface area (Å²) in [5.41, 5.74) is 0.679. The number of hydrogen-bond acceptors (Lipinski definition) is 10. The van der Waals surface area contributed by atoms with Gasteiger partial charge < -0.3 is 25.4 Å². The van der Waals surface area contributed by atoms with Gasteiger partial charge in [0, 0.05) is 11.6 Å². The molecule has 4 aromatic rings. The molecule has 14 nitrogen and oxygen atoms in total. The Labute approximate surface area is 325 Å². The number of anilines is 1. The first-order valence-electron chi connectivity index (χ1n) is 17.9. The molecule has 0 aliphatic carbocycles. The molecular formula is C41H44N6O8S. The van der Waals surface area contributed by atoms with E-state index in [4.69, 9.17) is 9.47 Å². The predicted octanol–water partition coefficient (Wildman–Crippen LogP) is 6.32. The Morgan fingerprint density at radius 3 is 2.39 bits per heavy atom. The quantitative estimate of drug-likeness (QED) is 0.110. The summed E-state index contributed by atoms with van der Waals surface area (Å²) in [5.74, 6) is -1.66. The van der Waals surface area contributed by atoms with Crippen LogP contribution in [0, 0.1) is 5.41 Å². The molecule has 6 rings (SSSR count). The van der Waals surface area contributed by atoms with E-state index in [-0.39, 0.29) is 35.9 Å². The molecule has 2 aliphatic heterocycles. The number of unbranched alkanes of at least 4 members (excludes halogenated alkanes) is 1. The number of carbonyl (C=O) groups is 4. The van der Waals surface area contributed by atoms with E-state index in [2.05, 4.69) is 32.5 Å². The second-order valence-corrected chi connectivity index (χ2v) is 15.8. The largest absolute Gasteiger partial charge is 0.449 e. The molecule has 2 aliphatic rings. The SMILES string of the molecule is C=CCCCS(=O)(=O)NC(=O)c1ccccc1NC(=O)[C@H]1NC(=O)[C@H](C(C)(C)C)NC(=O)OCC/C=C/c2cc(nc(-c3ccccc3)n2)Oc2ccc1cc2. The highest BCUT2D eigenvalue weighted by molar-refractivity contribution is 7.90. The van der Waals surface area contributed by atoms with E-state index in [1.165, 1.54) is 18.2 Å². The summed E-state index contributed by atoms with van der Waals surface area (Å²) < 4.78 is 38.8. The van der Waals surface area contributed by atoms with Crippen LogP contribution in [0.1, 0.15) is 67.7 Å². The highest BCUT2D eigenvalue weighted by Crippen LogP contribution is 2.28. The van der Waals surface area contributed by atoms with E-state index < -0.39 is 51.3 Å². The molecule has 0 fully saturated rings. The van der Waals surface area contributed by atoms with Crippen molar-refractivity contribution in [2.75, 3.05) is 17.7 Å². The molecule has 1 aromatic heterocycles. The van der Waals surface area contributed by atoms with Crippen LogP contribution < -0.4 is 25.4 Å². The highest BCUT2D eigenvalue weighted by Gasteiger charge is 2.36. The summed E-state index contributed by atoms with van der Waals surface area (Å²) in [6.45, 7) is 8.82. The van der Waals surface area contributed by atoms with Crippen molar-refractivity contribution in [3.05, 3.63) is 120 Å². The van der Waals surface area contributed by atoms with Crippen molar-refractivity contribution >= 4 is 45.6 Å². The van der Waals surface area contributed by atoms with Crippen LogP contribution in [-0.4, -0.2) is 60.6 Å². The minimum absolute atomic E-state index is 0.00136. The van der Waals surface area contributed by atoms with Crippen LogP contribution in [0.3, 0.4) is 0 Å². The fraction of sp³-hybridized carbons (Fsp3) is 0.268. The van der Waals surface area contributed by atoms with Crippen LogP contribution in [0.4, 0.5) is 10.5 Å². The number of para-hydroxylation sites is 1. The maximum Gasteiger partial charge on any atom is 0.407 e. The van der Waals surface area contributed by atoms with Crippen molar-refractivity contribution in [1.82, 2.24) is 25.3 Å². The van der Waals surface area contributed by atoms with Gasteiger partial charge in [0.2, 0.25) is 21.8 Å². The van der Waals surface area contributed by atoms with E-state index >= 15 is 0 Å². The molecule has 0 unspecified atom stereocenters. The van der Waals surface area contributed by atoms with Gasteiger partial charge in [-0.1, -0.05) is 87.5 Å². The number of hydrogen-bond donors (Lipinski definition) is 4. The number of sulfonamides is 1. The molecule has 0 saturated heterocycles. The van der Waals surface area contributed by atoms with Crippen LogP contribution in [0.5, 0.6) is 11.6 Å². The van der Waals surface area contributed by atoms with Crippen molar-refractivity contribution in [3.63, 3.8) is 0 Å². The molecular weight excluding hydrogens is 737 g/mol. The Morgan fingerprint density at radius 2 is 1.68 bits per heavy atom. The Hall–Kier alpha value is -6.35. The number of nitrogens with one attached hydrogen (secondary N) is 4. The van der Waals surface area contributed by atoms with Crippen molar-refractivity contribution in [2.24, 2.45) is 5.41 Å². The lowest BCUT2D eigenvalue weighted by Gasteiger charge is -2.31. The van der Waals surface area contributed by atoms with E-state index in [0.717, 1.165) is 5.56 Å². The molecule has 0 saturated carbocycles. The van der Waals surface area contributed by atoms with E-state index in [1.54, 1.807) is 75.4 Å². The van der Waals surface area contributed by atoms with E-state index in [1.807, 2.05) is 35.1 Å². The Morgan fingerprint density at radius 1 is 0.964 bits per heavy atom. The molecule has 3 heterocycles. The zero-order valence-corrected chi connectivity index (χ0v) is 32.1. The third-order valence-corrected chi connectivity index (χ3v) is 9.76. The number of amides is 4. The molecule has 4 amide bonds. The zero-order chi connectivity index (χ0) is 40.3. The fourth-order valence-electron chi connectivity index (χ4n) is 5.59. The van der Waals surface area contributed by atoms with Gasteiger partial charge in [0.15, 0.2) is 5.82 Å². The van der Waals surface area contributed by atoms with Crippen molar-refractivity contribution in [2.45, 2.75) is 52.1 Å². The van der Waals surface area contributed by atoms with Gasteiger partial charge in [0.1, 0.15) is 17.8 Å². The Bertz CT molecular complexity index is 2200. The predicted molar refractivity (Wildman–Crippen MR) is 212 cm³/mol. The van der Waals surface area contributed by atoms with Gasteiger partial charge in [-0.15, -0.1) is 6.58 Å². The second-order valence-electron chi connectivity index (χ2n) is 13.9. The van der Waals surface area contributed by atoms with Crippen LogP contribution in [0.2, 0.25) is 0 Å². The molecule has 56 heavy (non-hydrogen) atoms. The molecule has 0 radical (unpaired) electrons. The lowest BCUT2D eigenvalue weighted by molar-refractivity contribution is -0.129. The standard InChI is InChI=1S/C41H44N6O8S/c1-5-6-14-25-56(52,53)47-37(48)31-18-10-11-19-32(31)43-38(49)34-27-20-22-30(23-21-27)55-33-26-29(42-36(44-33)28-15-8-7-9-16-28)17-12-13-24-54-40(51)46-35(39(50)45-34)41(2,3)4/h5,7-12,15-23,26,34-35H,1,6,13-14,24-25H2,2-4H3,(H,43,49)(H,45,50)(H,46,51)(H,47,48)/b17-12+/t34-,35+/m0/s1. The average Bonchev–Trinajstić information content (AvgIpc) is 3.15. The summed E-state index contributed by atoms with van der Waals surface area (Å²) in [7, 11) is -3.99. The number of carbonyl (C=O) groups excluding carboxylic acids is 4. The van der Waals surface area contributed by atoms with Crippen molar-refractivity contribution in [3.8, 4) is 23.0 Å². The van der Waals surface area contributed by atoms with Crippen LogP contribution in [0.15, 0.2) is 104 Å². The zero-order valence-electron chi connectivity index (χ0n) is 31.3. The van der Waals surface area contributed by atoms with Gasteiger partial charge in [-0.3, -0.25) is 14.4 Å². The first-order valence-corrected chi connectivity index (χ1v) is 19.6. The number of ether oxygens (including phenoxy) is 2.